The lowest BCUT2D eigenvalue weighted by molar-refractivity contribution is -0.437. The van der Waals surface area contributed by atoms with Crippen molar-refractivity contribution >= 4 is 17.7 Å². The van der Waals surface area contributed by atoms with E-state index in [0.717, 1.165) is 5.56 Å². The lowest BCUT2D eigenvalue weighted by atomic mass is 10.1. The van der Waals surface area contributed by atoms with E-state index in [2.05, 4.69) is 5.73 Å². The van der Waals surface area contributed by atoms with Crippen LogP contribution >= 0.6 is 11.8 Å². The fourth-order valence-electron chi connectivity index (χ4n) is 1.13. The van der Waals surface area contributed by atoms with Crippen molar-refractivity contribution in [3.63, 3.8) is 0 Å². The van der Waals surface area contributed by atoms with Crippen molar-refractivity contribution in [1.82, 2.24) is 0 Å². The second-order valence-electron chi connectivity index (χ2n) is 3.07. The van der Waals surface area contributed by atoms with Gasteiger partial charge in [-0.15, -0.1) is 11.8 Å². The Labute approximate surface area is 87.3 Å². The SMILES string of the molecule is CSc1ccc(C[C@H]([NH3+])C(=O)[O-])cc1. The monoisotopic (exact) mass is 211 g/mol. The fraction of sp³-hybridized carbons (Fsp3) is 0.300. The predicted octanol–water partition coefficient (Wildman–Crippen LogP) is -0.689. The van der Waals surface area contributed by atoms with Crippen LogP contribution in [0.3, 0.4) is 0 Å². The van der Waals surface area contributed by atoms with Crippen molar-refractivity contribution in [2.24, 2.45) is 0 Å². The van der Waals surface area contributed by atoms with E-state index >= 15 is 0 Å². The summed E-state index contributed by atoms with van der Waals surface area (Å²) in [5, 5.41) is 10.4. The quantitative estimate of drug-likeness (QED) is 0.670. The minimum absolute atomic E-state index is 0.428. The first-order chi connectivity index (χ1) is 6.63. The average molecular weight is 211 g/mol. The molecule has 0 aliphatic rings. The first-order valence-corrected chi connectivity index (χ1v) is 5.53. The summed E-state index contributed by atoms with van der Waals surface area (Å²) in [4.78, 5) is 11.6. The molecule has 1 aromatic rings. The van der Waals surface area contributed by atoms with E-state index in [0.29, 0.717) is 6.42 Å². The van der Waals surface area contributed by atoms with Crippen molar-refractivity contribution in [3.8, 4) is 0 Å². The van der Waals surface area contributed by atoms with E-state index in [9.17, 15) is 9.90 Å². The maximum absolute atomic E-state index is 10.4. The van der Waals surface area contributed by atoms with Crippen LogP contribution in [0.5, 0.6) is 0 Å². The molecule has 0 aromatic heterocycles. The number of carbonyl (C=O) groups excluding carboxylic acids is 1. The largest absolute Gasteiger partial charge is 0.544 e. The molecule has 0 amide bonds. The van der Waals surface area contributed by atoms with Crippen LogP contribution < -0.4 is 10.8 Å². The Morgan fingerprint density at radius 3 is 2.50 bits per heavy atom. The number of carboxylic acid groups (broad SMARTS) is 1. The summed E-state index contributed by atoms with van der Waals surface area (Å²) < 4.78 is 0. The lowest BCUT2D eigenvalue weighted by Gasteiger charge is -2.09. The molecule has 0 spiro atoms. The maximum Gasteiger partial charge on any atom is 0.129 e. The number of hydrogen-bond donors (Lipinski definition) is 1. The van der Waals surface area contributed by atoms with Crippen LogP contribution in [0.4, 0.5) is 0 Å². The first-order valence-electron chi connectivity index (χ1n) is 4.30. The third kappa shape index (κ3) is 3.05. The first kappa shape index (κ1) is 11.1. The summed E-state index contributed by atoms with van der Waals surface area (Å²) in [6.45, 7) is 0. The number of thioether (sulfide) groups is 1. The van der Waals surface area contributed by atoms with Gasteiger partial charge in [0, 0.05) is 11.3 Å². The number of hydrogen-bond acceptors (Lipinski definition) is 3. The van der Waals surface area contributed by atoms with Crippen LogP contribution in [-0.4, -0.2) is 18.3 Å². The van der Waals surface area contributed by atoms with Gasteiger partial charge in [0.25, 0.3) is 0 Å². The van der Waals surface area contributed by atoms with Gasteiger partial charge in [0.1, 0.15) is 6.04 Å². The third-order valence-electron chi connectivity index (χ3n) is 1.97. The molecule has 4 heteroatoms. The van der Waals surface area contributed by atoms with Gasteiger partial charge in [0.05, 0.1) is 5.97 Å². The highest BCUT2D eigenvalue weighted by Gasteiger charge is 2.07. The highest BCUT2D eigenvalue weighted by molar-refractivity contribution is 7.98. The zero-order valence-corrected chi connectivity index (χ0v) is 8.84. The molecule has 0 heterocycles. The number of rotatable bonds is 4. The van der Waals surface area contributed by atoms with Crippen molar-refractivity contribution in [1.29, 1.82) is 0 Å². The summed E-state index contributed by atoms with van der Waals surface area (Å²) >= 11 is 1.66. The van der Waals surface area contributed by atoms with E-state index in [1.54, 1.807) is 11.8 Å². The Morgan fingerprint density at radius 1 is 1.50 bits per heavy atom. The molecule has 0 unspecified atom stereocenters. The molecule has 3 nitrogen and oxygen atoms in total. The molecular formula is C10H13NO2S. The molecular weight excluding hydrogens is 198 g/mol. The van der Waals surface area contributed by atoms with Crippen molar-refractivity contribution in [3.05, 3.63) is 29.8 Å². The minimum Gasteiger partial charge on any atom is -0.544 e. The van der Waals surface area contributed by atoms with Gasteiger partial charge in [0.2, 0.25) is 0 Å². The number of carboxylic acids is 1. The van der Waals surface area contributed by atoms with Gasteiger partial charge in [-0.25, -0.2) is 0 Å². The summed E-state index contributed by atoms with van der Waals surface area (Å²) in [5.74, 6) is -1.10. The maximum atomic E-state index is 10.4. The molecule has 1 atom stereocenters. The zero-order chi connectivity index (χ0) is 10.6. The minimum atomic E-state index is -1.10. The van der Waals surface area contributed by atoms with Crippen LogP contribution in [0, 0.1) is 0 Å². The molecule has 0 aliphatic carbocycles. The summed E-state index contributed by atoms with van der Waals surface area (Å²) in [7, 11) is 0. The Balaban J connectivity index is 2.64. The van der Waals surface area contributed by atoms with E-state index < -0.39 is 12.0 Å². The van der Waals surface area contributed by atoms with Gasteiger partial charge < -0.3 is 15.6 Å². The number of aliphatic carboxylic acids is 1. The number of benzene rings is 1. The topological polar surface area (TPSA) is 67.8 Å². The normalized spacial score (nSPS) is 12.4. The smallest absolute Gasteiger partial charge is 0.129 e. The second-order valence-corrected chi connectivity index (χ2v) is 3.95. The second kappa shape index (κ2) is 5.02. The van der Waals surface area contributed by atoms with Gasteiger partial charge in [0.15, 0.2) is 0 Å². The van der Waals surface area contributed by atoms with Crippen LogP contribution in [-0.2, 0) is 11.2 Å². The molecule has 3 N–H and O–H groups in total. The van der Waals surface area contributed by atoms with Gasteiger partial charge in [-0.1, -0.05) is 12.1 Å². The van der Waals surface area contributed by atoms with Gasteiger partial charge in [-0.05, 0) is 24.0 Å². The van der Waals surface area contributed by atoms with E-state index in [1.165, 1.54) is 4.90 Å². The fourth-order valence-corrected chi connectivity index (χ4v) is 1.54. The molecule has 0 radical (unpaired) electrons. The molecule has 1 aromatic carbocycles. The predicted molar refractivity (Wildman–Crippen MR) is 53.6 cm³/mol. The molecule has 0 saturated heterocycles. The summed E-state index contributed by atoms with van der Waals surface area (Å²) in [6, 6.07) is 7.12. The Morgan fingerprint density at radius 2 is 2.07 bits per heavy atom. The molecule has 76 valence electrons. The van der Waals surface area contributed by atoms with Gasteiger partial charge in [-0.2, -0.15) is 0 Å². The summed E-state index contributed by atoms with van der Waals surface area (Å²) in [6.07, 6.45) is 2.43. The van der Waals surface area contributed by atoms with Crippen molar-refractivity contribution in [2.45, 2.75) is 17.4 Å². The van der Waals surface area contributed by atoms with Gasteiger partial charge >= 0.3 is 0 Å². The standard InChI is InChI=1S/C10H13NO2S/c1-14-8-4-2-7(3-5-8)6-9(11)10(12)13/h2-5,9H,6,11H2,1H3,(H,12,13)/t9-/m0/s1. The zero-order valence-electron chi connectivity index (χ0n) is 8.03. The Bertz CT molecular complexity index is 310. The van der Waals surface area contributed by atoms with Crippen LogP contribution in [0.15, 0.2) is 29.2 Å². The third-order valence-corrected chi connectivity index (χ3v) is 2.72. The molecule has 1 rings (SSSR count). The van der Waals surface area contributed by atoms with E-state index in [1.807, 2.05) is 30.5 Å². The Kier molecular flexibility index (Phi) is 3.98. The highest BCUT2D eigenvalue weighted by atomic mass is 32.2. The van der Waals surface area contributed by atoms with Crippen LogP contribution in [0.1, 0.15) is 5.56 Å². The van der Waals surface area contributed by atoms with Crippen LogP contribution in [0.2, 0.25) is 0 Å². The summed E-state index contributed by atoms with van der Waals surface area (Å²) in [5.41, 5.74) is 4.49. The molecule has 0 fully saturated rings. The lowest BCUT2D eigenvalue weighted by Crippen LogP contribution is -2.69. The van der Waals surface area contributed by atoms with E-state index in [4.69, 9.17) is 0 Å². The van der Waals surface area contributed by atoms with E-state index in [-0.39, 0.29) is 0 Å². The molecule has 14 heavy (non-hydrogen) atoms. The molecule has 0 bridgehead atoms. The van der Waals surface area contributed by atoms with Crippen molar-refractivity contribution in [2.75, 3.05) is 6.26 Å². The number of quaternary nitrogens is 1. The highest BCUT2D eigenvalue weighted by Crippen LogP contribution is 2.15. The molecule has 0 aliphatic heterocycles. The number of carbonyl (C=O) groups is 1. The Hall–Kier alpha value is -1.00. The van der Waals surface area contributed by atoms with Gasteiger partial charge in [-0.3, -0.25) is 0 Å². The van der Waals surface area contributed by atoms with Crippen LogP contribution in [0.25, 0.3) is 0 Å². The average Bonchev–Trinajstić information content (AvgIpc) is 2.19. The van der Waals surface area contributed by atoms with Crippen molar-refractivity contribution < 1.29 is 15.6 Å². The molecule has 0 saturated carbocycles.